The van der Waals surface area contributed by atoms with Crippen molar-refractivity contribution in [3.63, 3.8) is 0 Å². The van der Waals surface area contributed by atoms with Gasteiger partial charge in [0.1, 0.15) is 5.82 Å². The van der Waals surface area contributed by atoms with Crippen LogP contribution in [0.3, 0.4) is 0 Å². The number of H-pyrrole nitrogens is 1. The van der Waals surface area contributed by atoms with Crippen molar-refractivity contribution in [3.8, 4) is 0 Å². The van der Waals surface area contributed by atoms with Crippen LogP contribution in [0.25, 0.3) is 11.0 Å². The van der Waals surface area contributed by atoms with Gasteiger partial charge in [-0.3, -0.25) is 0 Å². The standard InChI is InChI=1S/C15H21FN2S/c1-5-15(6-2,7-3)18-13-8-10(4)11(16)9-12(13)17-14(18)19/h8-9H,5-7H2,1-4H3,(H,17,19). The van der Waals surface area contributed by atoms with Gasteiger partial charge in [0.05, 0.1) is 11.0 Å². The Hall–Kier alpha value is -1.16. The van der Waals surface area contributed by atoms with Gasteiger partial charge in [-0.15, -0.1) is 0 Å². The highest BCUT2D eigenvalue weighted by molar-refractivity contribution is 7.71. The molecular weight excluding hydrogens is 259 g/mol. The van der Waals surface area contributed by atoms with Gasteiger partial charge in [0.2, 0.25) is 0 Å². The van der Waals surface area contributed by atoms with E-state index >= 15 is 0 Å². The molecule has 0 aliphatic heterocycles. The summed E-state index contributed by atoms with van der Waals surface area (Å²) in [5, 5.41) is 0. The average Bonchev–Trinajstić information content (AvgIpc) is 2.70. The second-order valence-electron chi connectivity index (χ2n) is 5.17. The molecular formula is C15H21FN2S. The minimum atomic E-state index is -0.189. The summed E-state index contributed by atoms with van der Waals surface area (Å²) in [5.41, 5.74) is 2.47. The maximum absolute atomic E-state index is 13.7. The Labute approximate surface area is 118 Å². The normalized spacial score (nSPS) is 12.3. The monoisotopic (exact) mass is 280 g/mol. The van der Waals surface area contributed by atoms with E-state index in [0.29, 0.717) is 10.3 Å². The van der Waals surface area contributed by atoms with E-state index in [2.05, 4.69) is 30.3 Å². The quantitative estimate of drug-likeness (QED) is 0.775. The second kappa shape index (κ2) is 5.08. The second-order valence-corrected chi connectivity index (χ2v) is 5.56. The zero-order valence-electron chi connectivity index (χ0n) is 12.0. The zero-order chi connectivity index (χ0) is 14.2. The Morgan fingerprint density at radius 1 is 1.21 bits per heavy atom. The fourth-order valence-electron chi connectivity index (χ4n) is 2.93. The molecule has 1 N–H and O–H groups in total. The summed E-state index contributed by atoms with van der Waals surface area (Å²) in [7, 11) is 0. The first-order valence-corrected chi connectivity index (χ1v) is 7.31. The predicted molar refractivity (Wildman–Crippen MR) is 80.7 cm³/mol. The van der Waals surface area contributed by atoms with E-state index in [1.54, 1.807) is 13.0 Å². The molecule has 2 rings (SSSR count). The molecule has 104 valence electrons. The average molecular weight is 280 g/mol. The lowest BCUT2D eigenvalue weighted by atomic mass is 9.89. The van der Waals surface area contributed by atoms with Gasteiger partial charge in [-0.1, -0.05) is 20.8 Å². The van der Waals surface area contributed by atoms with Crippen molar-refractivity contribution in [1.82, 2.24) is 9.55 Å². The SMILES string of the molecule is CCC(CC)(CC)n1c(=S)[nH]c2cc(F)c(C)cc21. The smallest absolute Gasteiger partial charge is 0.178 e. The number of aryl methyl sites for hydroxylation is 1. The number of nitrogens with one attached hydrogen (secondary N) is 1. The molecule has 0 bridgehead atoms. The molecule has 1 heterocycles. The molecule has 0 amide bonds. The molecule has 0 aliphatic carbocycles. The van der Waals surface area contributed by atoms with Gasteiger partial charge in [-0.05, 0) is 56.1 Å². The highest BCUT2D eigenvalue weighted by Crippen LogP contribution is 2.33. The summed E-state index contributed by atoms with van der Waals surface area (Å²) in [6.07, 6.45) is 3.03. The van der Waals surface area contributed by atoms with Gasteiger partial charge in [0.15, 0.2) is 4.77 Å². The molecule has 2 nitrogen and oxygen atoms in total. The Balaban J connectivity index is 2.83. The number of aromatic nitrogens is 2. The molecule has 1 aromatic carbocycles. The molecule has 0 radical (unpaired) electrons. The Kier molecular flexibility index (Phi) is 3.81. The van der Waals surface area contributed by atoms with E-state index in [1.165, 1.54) is 0 Å². The van der Waals surface area contributed by atoms with Crippen LogP contribution in [-0.4, -0.2) is 9.55 Å². The molecule has 0 atom stereocenters. The Bertz CT molecular complexity index is 642. The van der Waals surface area contributed by atoms with Gasteiger partial charge >= 0.3 is 0 Å². The minimum Gasteiger partial charge on any atom is -0.330 e. The van der Waals surface area contributed by atoms with E-state index < -0.39 is 0 Å². The van der Waals surface area contributed by atoms with Crippen molar-refractivity contribution in [2.75, 3.05) is 0 Å². The van der Waals surface area contributed by atoms with Gasteiger partial charge in [0, 0.05) is 5.54 Å². The summed E-state index contributed by atoms with van der Waals surface area (Å²) in [4.78, 5) is 3.14. The Morgan fingerprint density at radius 3 is 2.32 bits per heavy atom. The molecule has 19 heavy (non-hydrogen) atoms. The molecule has 2 aromatic rings. The fourth-order valence-corrected chi connectivity index (χ4v) is 3.33. The summed E-state index contributed by atoms with van der Waals surface area (Å²) in [6.45, 7) is 8.35. The maximum atomic E-state index is 13.7. The molecule has 0 saturated heterocycles. The third-order valence-corrected chi connectivity index (χ3v) is 4.70. The fraction of sp³-hybridized carbons (Fsp3) is 0.533. The van der Waals surface area contributed by atoms with Crippen LogP contribution in [0.5, 0.6) is 0 Å². The van der Waals surface area contributed by atoms with Crippen molar-refractivity contribution in [1.29, 1.82) is 0 Å². The van der Waals surface area contributed by atoms with Crippen LogP contribution in [0, 0.1) is 17.5 Å². The van der Waals surface area contributed by atoms with E-state index in [1.807, 2.05) is 6.07 Å². The first kappa shape index (κ1) is 14.3. The van der Waals surface area contributed by atoms with Gasteiger partial charge in [-0.25, -0.2) is 4.39 Å². The predicted octanol–water partition coefficient (Wildman–Crippen LogP) is 5.07. The van der Waals surface area contributed by atoms with Crippen LogP contribution in [0.4, 0.5) is 4.39 Å². The zero-order valence-corrected chi connectivity index (χ0v) is 12.8. The number of halogens is 1. The van der Waals surface area contributed by atoms with Crippen LogP contribution in [0.2, 0.25) is 0 Å². The molecule has 0 spiro atoms. The molecule has 4 heteroatoms. The number of hydrogen-bond acceptors (Lipinski definition) is 1. The van der Waals surface area contributed by atoms with Crippen LogP contribution in [0.15, 0.2) is 12.1 Å². The third-order valence-electron chi connectivity index (χ3n) is 4.41. The van der Waals surface area contributed by atoms with E-state index in [0.717, 1.165) is 30.3 Å². The van der Waals surface area contributed by atoms with Gasteiger partial charge < -0.3 is 9.55 Å². The van der Waals surface area contributed by atoms with Crippen molar-refractivity contribution < 1.29 is 4.39 Å². The number of fused-ring (bicyclic) bond motifs is 1. The number of imidazole rings is 1. The van der Waals surface area contributed by atoms with Crippen molar-refractivity contribution in [3.05, 3.63) is 28.3 Å². The number of hydrogen-bond donors (Lipinski definition) is 1. The van der Waals surface area contributed by atoms with Crippen LogP contribution >= 0.6 is 12.2 Å². The summed E-state index contributed by atoms with van der Waals surface area (Å²) < 4.78 is 16.5. The number of benzene rings is 1. The third kappa shape index (κ3) is 2.12. The summed E-state index contributed by atoms with van der Waals surface area (Å²) in [6, 6.07) is 3.44. The lowest BCUT2D eigenvalue weighted by Gasteiger charge is -2.33. The molecule has 0 saturated carbocycles. The van der Waals surface area contributed by atoms with E-state index in [4.69, 9.17) is 12.2 Å². The topological polar surface area (TPSA) is 20.7 Å². The van der Waals surface area contributed by atoms with Gasteiger partial charge in [0.25, 0.3) is 0 Å². The molecule has 0 fully saturated rings. The molecule has 1 aromatic heterocycles. The number of aromatic amines is 1. The van der Waals surface area contributed by atoms with E-state index in [9.17, 15) is 4.39 Å². The number of nitrogens with zero attached hydrogens (tertiary/aromatic N) is 1. The van der Waals surface area contributed by atoms with Crippen molar-refractivity contribution in [2.24, 2.45) is 0 Å². The minimum absolute atomic E-state index is 0.0135. The van der Waals surface area contributed by atoms with Crippen molar-refractivity contribution in [2.45, 2.75) is 52.5 Å². The van der Waals surface area contributed by atoms with Crippen LogP contribution in [0.1, 0.15) is 45.6 Å². The maximum Gasteiger partial charge on any atom is 0.178 e. The van der Waals surface area contributed by atoms with Crippen molar-refractivity contribution >= 4 is 23.3 Å². The molecule has 0 unspecified atom stereocenters. The highest BCUT2D eigenvalue weighted by atomic mass is 32.1. The van der Waals surface area contributed by atoms with E-state index in [-0.39, 0.29) is 11.4 Å². The highest BCUT2D eigenvalue weighted by Gasteiger charge is 2.28. The lowest BCUT2D eigenvalue weighted by Crippen LogP contribution is -2.31. The summed E-state index contributed by atoms with van der Waals surface area (Å²) in [5.74, 6) is -0.189. The van der Waals surface area contributed by atoms with Crippen LogP contribution < -0.4 is 0 Å². The lowest BCUT2D eigenvalue weighted by molar-refractivity contribution is 0.255. The molecule has 0 aliphatic rings. The first-order chi connectivity index (χ1) is 8.99. The summed E-state index contributed by atoms with van der Waals surface area (Å²) >= 11 is 5.47. The van der Waals surface area contributed by atoms with Gasteiger partial charge in [-0.2, -0.15) is 0 Å². The largest absolute Gasteiger partial charge is 0.330 e. The number of rotatable bonds is 4. The Morgan fingerprint density at radius 2 is 1.79 bits per heavy atom. The van der Waals surface area contributed by atoms with Crippen LogP contribution in [-0.2, 0) is 5.54 Å². The first-order valence-electron chi connectivity index (χ1n) is 6.90.